The highest BCUT2D eigenvalue weighted by Gasteiger charge is 2.26. The van der Waals surface area contributed by atoms with Crippen molar-refractivity contribution in [1.82, 2.24) is 5.32 Å². The molecule has 84 valence electrons. The van der Waals surface area contributed by atoms with Gasteiger partial charge in [-0.25, -0.2) is 0 Å². The standard InChI is InChI=1S/C12H25NO/c1-9(2)11(7-8-14)13-12-6-4-5-10(12)3/h9-14H,4-8H2,1-3H3. The molecule has 1 fully saturated rings. The van der Waals surface area contributed by atoms with Crippen molar-refractivity contribution in [3.05, 3.63) is 0 Å². The van der Waals surface area contributed by atoms with Crippen LogP contribution in [0.2, 0.25) is 0 Å². The lowest BCUT2D eigenvalue weighted by Gasteiger charge is -2.28. The molecular weight excluding hydrogens is 174 g/mol. The highest BCUT2D eigenvalue weighted by atomic mass is 16.3. The average molecular weight is 199 g/mol. The lowest BCUT2D eigenvalue weighted by molar-refractivity contribution is 0.227. The van der Waals surface area contributed by atoms with Crippen LogP contribution >= 0.6 is 0 Å². The van der Waals surface area contributed by atoms with Crippen LogP contribution in [-0.4, -0.2) is 23.8 Å². The second-order valence-electron chi connectivity index (χ2n) is 5.04. The van der Waals surface area contributed by atoms with E-state index in [-0.39, 0.29) is 0 Å². The Bertz CT molecular complexity index is 158. The molecule has 2 heteroatoms. The van der Waals surface area contributed by atoms with Gasteiger partial charge in [-0.05, 0) is 31.1 Å². The van der Waals surface area contributed by atoms with Crippen molar-refractivity contribution < 1.29 is 5.11 Å². The smallest absolute Gasteiger partial charge is 0.0445 e. The fraction of sp³-hybridized carbons (Fsp3) is 1.00. The molecule has 3 unspecified atom stereocenters. The molecule has 1 aliphatic carbocycles. The summed E-state index contributed by atoms with van der Waals surface area (Å²) in [6.45, 7) is 7.10. The van der Waals surface area contributed by atoms with E-state index in [1.54, 1.807) is 0 Å². The molecule has 0 radical (unpaired) electrons. The summed E-state index contributed by atoms with van der Waals surface area (Å²) in [4.78, 5) is 0. The highest BCUT2D eigenvalue weighted by molar-refractivity contribution is 4.84. The van der Waals surface area contributed by atoms with Gasteiger partial charge in [0.2, 0.25) is 0 Å². The Morgan fingerprint density at radius 2 is 2.07 bits per heavy atom. The fourth-order valence-electron chi connectivity index (χ4n) is 2.42. The molecule has 0 aromatic carbocycles. The number of aliphatic hydroxyl groups is 1. The van der Waals surface area contributed by atoms with Gasteiger partial charge in [0.05, 0.1) is 0 Å². The summed E-state index contributed by atoms with van der Waals surface area (Å²) in [6.07, 6.45) is 4.93. The van der Waals surface area contributed by atoms with Crippen LogP contribution in [0.3, 0.4) is 0 Å². The van der Waals surface area contributed by atoms with E-state index in [4.69, 9.17) is 5.11 Å². The topological polar surface area (TPSA) is 32.3 Å². The van der Waals surface area contributed by atoms with E-state index in [9.17, 15) is 0 Å². The average Bonchev–Trinajstić information content (AvgIpc) is 2.51. The predicted molar refractivity (Wildman–Crippen MR) is 60.3 cm³/mol. The van der Waals surface area contributed by atoms with Gasteiger partial charge in [0.25, 0.3) is 0 Å². The van der Waals surface area contributed by atoms with E-state index in [1.165, 1.54) is 19.3 Å². The van der Waals surface area contributed by atoms with Crippen LogP contribution in [-0.2, 0) is 0 Å². The van der Waals surface area contributed by atoms with Crippen LogP contribution in [0.1, 0.15) is 46.5 Å². The van der Waals surface area contributed by atoms with Crippen LogP contribution in [0.5, 0.6) is 0 Å². The zero-order chi connectivity index (χ0) is 10.6. The number of hydrogen-bond donors (Lipinski definition) is 2. The molecule has 1 saturated carbocycles. The molecule has 1 aliphatic rings. The summed E-state index contributed by atoms with van der Waals surface area (Å²) >= 11 is 0. The van der Waals surface area contributed by atoms with Gasteiger partial charge in [-0.1, -0.05) is 27.2 Å². The first-order valence-corrected chi connectivity index (χ1v) is 6.02. The molecule has 2 nitrogen and oxygen atoms in total. The van der Waals surface area contributed by atoms with Crippen molar-refractivity contribution in [1.29, 1.82) is 0 Å². The number of rotatable bonds is 5. The van der Waals surface area contributed by atoms with E-state index in [0.29, 0.717) is 24.6 Å². The third-order valence-corrected chi connectivity index (χ3v) is 3.53. The van der Waals surface area contributed by atoms with Crippen molar-refractivity contribution in [2.24, 2.45) is 11.8 Å². The summed E-state index contributed by atoms with van der Waals surface area (Å²) in [5, 5.41) is 12.7. The van der Waals surface area contributed by atoms with Gasteiger partial charge in [0, 0.05) is 18.7 Å². The van der Waals surface area contributed by atoms with Crippen LogP contribution in [0.15, 0.2) is 0 Å². The van der Waals surface area contributed by atoms with E-state index >= 15 is 0 Å². The molecule has 0 aromatic rings. The van der Waals surface area contributed by atoms with Crippen LogP contribution in [0.25, 0.3) is 0 Å². The van der Waals surface area contributed by atoms with E-state index in [0.717, 1.165) is 12.3 Å². The molecule has 0 aromatic heterocycles. The molecule has 0 amide bonds. The molecule has 0 bridgehead atoms. The molecule has 2 N–H and O–H groups in total. The Balaban J connectivity index is 2.37. The zero-order valence-corrected chi connectivity index (χ0v) is 9.79. The van der Waals surface area contributed by atoms with Crippen LogP contribution in [0.4, 0.5) is 0 Å². The summed E-state index contributed by atoms with van der Waals surface area (Å²) in [5.41, 5.74) is 0. The molecule has 0 spiro atoms. The van der Waals surface area contributed by atoms with Gasteiger partial charge in [-0.2, -0.15) is 0 Å². The van der Waals surface area contributed by atoms with Crippen molar-refractivity contribution in [2.45, 2.75) is 58.5 Å². The van der Waals surface area contributed by atoms with Gasteiger partial charge < -0.3 is 10.4 Å². The minimum Gasteiger partial charge on any atom is -0.396 e. The second kappa shape index (κ2) is 5.72. The highest BCUT2D eigenvalue weighted by Crippen LogP contribution is 2.26. The maximum Gasteiger partial charge on any atom is 0.0445 e. The van der Waals surface area contributed by atoms with Crippen molar-refractivity contribution in [3.63, 3.8) is 0 Å². The third-order valence-electron chi connectivity index (χ3n) is 3.53. The SMILES string of the molecule is CC(C)C(CCO)NC1CCCC1C. The van der Waals surface area contributed by atoms with E-state index in [2.05, 4.69) is 26.1 Å². The molecule has 0 aliphatic heterocycles. The maximum atomic E-state index is 8.99. The Kier molecular flexibility index (Phi) is 4.90. The van der Waals surface area contributed by atoms with Gasteiger partial charge in [-0.3, -0.25) is 0 Å². The van der Waals surface area contributed by atoms with Gasteiger partial charge >= 0.3 is 0 Å². The molecule has 0 saturated heterocycles. The molecule has 3 atom stereocenters. The normalized spacial score (nSPS) is 29.8. The minimum absolute atomic E-state index is 0.303. The predicted octanol–water partition coefficient (Wildman–Crippen LogP) is 2.17. The quantitative estimate of drug-likeness (QED) is 0.711. The number of aliphatic hydroxyl groups excluding tert-OH is 1. The monoisotopic (exact) mass is 199 g/mol. The summed E-state index contributed by atoms with van der Waals surface area (Å²) in [7, 11) is 0. The summed E-state index contributed by atoms with van der Waals surface area (Å²) in [5.74, 6) is 1.44. The first-order chi connectivity index (χ1) is 6.65. The largest absolute Gasteiger partial charge is 0.396 e. The minimum atomic E-state index is 0.303. The van der Waals surface area contributed by atoms with Crippen LogP contribution < -0.4 is 5.32 Å². The van der Waals surface area contributed by atoms with Gasteiger partial charge in [-0.15, -0.1) is 0 Å². The Hall–Kier alpha value is -0.0800. The van der Waals surface area contributed by atoms with Crippen molar-refractivity contribution in [2.75, 3.05) is 6.61 Å². The summed E-state index contributed by atoms with van der Waals surface area (Å²) < 4.78 is 0. The lowest BCUT2D eigenvalue weighted by atomic mass is 9.98. The molecular formula is C12H25NO. The van der Waals surface area contributed by atoms with Gasteiger partial charge in [0.1, 0.15) is 0 Å². The fourth-order valence-corrected chi connectivity index (χ4v) is 2.42. The zero-order valence-electron chi connectivity index (χ0n) is 9.79. The first-order valence-electron chi connectivity index (χ1n) is 6.02. The van der Waals surface area contributed by atoms with E-state index < -0.39 is 0 Å². The number of hydrogen-bond acceptors (Lipinski definition) is 2. The number of nitrogens with one attached hydrogen (secondary N) is 1. The molecule has 1 rings (SSSR count). The van der Waals surface area contributed by atoms with E-state index in [1.807, 2.05) is 0 Å². The van der Waals surface area contributed by atoms with Crippen LogP contribution in [0, 0.1) is 11.8 Å². The Labute approximate surface area is 88.1 Å². The second-order valence-corrected chi connectivity index (χ2v) is 5.04. The summed E-state index contributed by atoms with van der Waals surface area (Å²) in [6, 6.07) is 1.18. The Morgan fingerprint density at radius 1 is 1.36 bits per heavy atom. The molecule has 14 heavy (non-hydrogen) atoms. The molecule has 0 heterocycles. The van der Waals surface area contributed by atoms with Gasteiger partial charge in [0.15, 0.2) is 0 Å². The maximum absolute atomic E-state index is 8.99. The van der Waals surface area contributed by atoms with Crippen molar-refractivity contribution in [3.8, 4) is 0 Å². The third kappa shape index (κ3) is 3.25. The first kappa shape index (κ1) is 12.0. The van der Waals surface area contributed by atoms with Crippen molar-refractivity contribution >= 4 is 0 Å². The lowest BCUT2D eigenvalue weighted by Crippen LogP contribution is -2.43. The Morgan fingerprint density at radius 3 is 2.50 bits per heavy atom.